The van der Waals surface area contributed by atoms with Gasteiger partial charge < -0.3 is 15.4 Å². The molecule has 3 N–H and O–H groups in total. The van der Waals surface area contributed by atoms with Crippen molar-refractivity contribution in [3.8, 4) is 0 Å². The molecule has 0 saturated carbocycles. The molecule has 4 rings (SSSR count). The number of hydrogen-bond donors (Lipinski definition) is 3. The van der Waals surface area contributed by atoms with Gasteiger partial charge in [-0.15, -0.1) is 0 Å². The SMILES string of the molecule is CC(C)c1cccc(Nc2nc3cc(C(=O)O)[nH]c3c3cnccc23)c1. The lowest BCUT2D eigenvalue weighted by atomic mass is 10.0. The van der Waals surface area contributed by atoms with E-state index in [1.54, 1.807) is 18.5 Å². The zero-order valence-corrected chi connectivity index (χ0v) is 14.4. The standard InChI is InChI=1S/C20H18N4O2/c1-11(2)12-4-3-5-13(8-12)22-19-14-6-7-21-10-15(14)18-16(24-19)9-17(23-18)20(25)26/h3-11,23H,1-2H3,(H,22,24)(H,25,26). The maximum Gasteiger partial charge on any atom is 0.352 e. The first-order valence-electron chi connectivity index (χ1n) is 8.39. The Balaban J connectivity index is 1.88. The smallest absolute Gasteiger partial charge is 0.352 e. The van der Waals surface area contributed by atoms with Crippen LogP contribution in [0.15, 0.2) is 48.8 Å². The van der Waals surface area contributed by atoms with E-state index < -0.39 is 5.97 Å². The first kappa shape index (κ1) is 16.1. The number of carboxylic acid groups (broad SMARTS) is 1. The fourth-order valence-corrected chi connectivity index (χ4v) is 3.04. The van der Waals surface area contributed by atoms with Gasteiger partial charge in [-0.3, -0.25) is 4.98 Å². The Hall–Kier alpha value is -3.41. The van der Waals surface area contributed by atoms with Gasteiger partial charge in [-0.2, -0.15) is 0 Å². The monoisotopic (exact) mass is 346 g/mol. The van der Waals surface area contributed by atoms with Gasteiger partial charge >= 0.3 is 5.97 Å². The van der Waals surface area contributed by atoms with Crippen LogP contribution in [-0.4, -0.2) is 26.0 Å². The molecular formula is C20H18N4O2. The summed E-state index contributed by atoms with van der Waals surface area (Å²) in [5.74, 6) is 0.0851. The lowest BCUT2D eigenvalue weighted by Gasteiger charge is -2.12. The van der Waals surface area contributed by atoms with Gasteiger partial charge in [-0.1, -0.05) is 26.0 Å². The number of benzene rings is 1. The molecule has 0 atom stereocenters. The number of H-pyrrole nitrogens is 1. The molecule has 3 heterocycles. The van der Waals surface area contributed by atoms with Crippen LogP contribution in [0.25, 0.3) is 21.8 Å². The Labute approximate surface area is 149 Å². The van der Waals surface area contributed by atoms with E-state index in [-0.39, 0.29) is 5.69 Å². The van der Waals surface area contributed by atoms with E-state index in [0.717, 1.165) is 16.5 Å². The van der Waals surface area contributed by atoms with Crippen LogP contribution in [0.4, 0.5) is 11.5 Å². The number of aromatic carboxylic acids is 1. The normalized spacial score (nSPS) is 11.3. The lowest BCUT2D eigenvalue weighted by molar-refractivity contribution is 0.0691. The average Bonchev–Trinajstić information content (AvgIpc) is 3.07. The van der Waals surface area contributed by atoms with Crippen molar-refractivity contribution >= 4 is 39.3 Å². The third-order valence-corrected chi connectivity index (χ3v) is 4.42. The van der Waals surface area contributed by atoms with Crippen molar-refractivity contribution in [2.45, 2.75) is 19.8 Å². The highest BCUT2D eigenvalue weighted by atomic mass is 16.4. The second kappa shape index (κ2) is 6.15. The molecule has 1 aromatic carbocycles. The maximum atomic E-state index is 11.3. The van der Waals surface area contributed by atoms with Crippen molar-refractivity contribution in [1.82, 2.24) is 15.0 Å². The summed E-state index contributed by atoms with van der Waals surface area (Å²) in [5, 5.41) is 14.3. The Bertz CT molecular complexity index is 1130. The van der Waals surface area contributed by atoms with Gasteiger partial charge in [0.2, 0.25) is 0 Å². The van der Waals surface area contributed by atoms with Crippen molar-refractivity contribution in [2.75, 3.05) is 5.32 Å². The first-order valence-corrected chi connectivity index (χ1v) is 8.39. The van der Waals surface area contributed by atoms with Crippen LogP contribution in [0.5, 0.6) is 0 Å². The summed E-state index contributed by atoms with van der Waals surface area (Å²) >= 11 is 0. The van der Waals surface area contributed by atoms with Crippen molar-refractivity contribution in [3.05, 3.63) is 60.0 Å². The van der Waals surface area contributed by atoms with E-state index in [4.69, 9.17) is 0 Å². The van der Waals surface area contributed by atoms with Gasteiger partial charge in [0.15, 0.2) is 0 Å². The van der Waals surface area contributed by atoms with E-state index in [2.05, 4.69) is 46.2 Å². The molecule has 0 aliphatic rings. The quantitative estimate of drug-likeness (QED) is 0.499. The van der Waals surface area contributed by atoms with Crippen molar-refractivity contribution in [3.63, 3.8) is 0 Å². The molecule has 0 saturated heterocycles. The third-order valence-electron chi connectivity index (χ3n) is 4.42. The summed E-state index contributed by atoms with van der Waals surface area (Å²) in [7, 11) is 0. The third kappa shape index (κ3) is 2.75. The molecule has 3 aromatic heterocycles. The molecule has 0 radical (unpaired) electrons. The molecule has 0 spiro atoms. The molecule has 6 heteroatoms. The number of nitrogens with one attached hydrogen (secondary N) is 2. The van der Waals surface area contributed by atoms with Crippen LogP contribution in [0.1, 0.15) is 35.8 Å². The number of carboxylic acids is 1. The molecule has 26 heavy (non-hydrogen) atoms. The predicted molar refractivity (Wildman–Crippen MR) is 102 cm³/mol. The number of aromatic amines is 1. The van der Waals surface area contributed by atoms with Gasteiger partial charge in [0.05, 0.1) is 11.0 Å². The Morgan fingerprint density at radius 2 is 2.04 bits per heavy atom. The maximum absolute atomic E-state index is 11.3. The predicted octanol–water partition coefficient (Wildman–Crippen LogP) is 4.68. The largest absolute Gasteiger partial charge is 0.477 e. The van der Waals surface area contributed by atoms with Crippen LogP contribution in [-0.2, 0) is 0 Å². The fraction of sp³-hybridized carbons (Fsp3) is 0.150. The molecule has 130 valence electrons. The highest BCUT2D eigenvalue weighted by Gasteiger charge is 2.14. The summed E-state index contributed by atoms with van der Waals surface area (Å²) in [6, 6.07) is 11.6. The van der Waals surface area contributed by atoms with E-state index in [0.29, 0.717) is 22.8 Å². The Kier molecular flexibility index (Phi) is 3.80. The number of nitrogens with zero attached hydrogens (tertiary/aromatic N) is 2. The summed E-state index contributed by atoms with van der Waals surface area (Å²) in [5.41, 5.74) is 3.54. The second-order valence-electron chi connectivity index (χ2n) is 6.54. The number of carbonyl (C=O) groups is 1. The zero-order chi connectivity index (χ0) is 18.3. The number of aromatic nitrogens is 3. The van der Waals surface area contributed by atoms with Crippen LogP contribution >= 0.6 is 0 Å². The molecule has 0 aliphatic heterocycles. The highest BCUT2D eigenvalue weighted by Crippen LogP contribution is 2.31. The molecule has 0 unspecified atom stereocenters. The summed E-state index contributed by atoms with van der Waals surface area (Å²) in [6.07, 6.45) is 3.42. The average molecular weight is 346 g/mol. The fourth-order valence-electron chi connectivity index (χ4n) is 3.04. The van der Waals surface area contributed by atoms with E-state index >= 15 is 0 Å². The molecule has 0 bridgehead atoms. The van der Waals surface area contributed by atoms with Crippen LogP contribution in [0.3, 0.4) is 0 Å². The number of pyridine rings is 2. The minimum Gasteiger partial charge on any atom is -0.477 e. The molecular weight excluding hydrogens is 328 g/mol. The Morgan fingerprint density at radius 1 is 1.19 bits per heavy atom. The first-order chi connectivity index (χ1) is 12.5. The van der Waals surface area contributed by atoms with Gasteiger partial charge in [-0.25, -0.2) is 9.78 Å². The second-order valence-corrected chi connectivity index (χ2v) is 6.54. The lowest BCUT2D eigenvalue weighted by Crippen LogP contribution is -1.97. The molecule has 6 nitrogen and oxygen atoms in total. The van der Waals surface area contributed by atoms with Crippen molar-refractivity contribution in [1.29, 1.82) is 0 Å². The van der Waals surface area contributed by atoms with E-state index in [1.807, 2.05) is 18.2 Å². The summed E-state index contributed by atoms with van der Waals surface area (Å²) in [6.45, 7) is 4.30. The highest BCUT2D eigenvalue weighted by molar-refractivity contribution is 6.10. The van der Waals surface area contributed by atoms with Crippen LogP contribution in [0, 0.1) is 0 Å². The topological polar surface area (TPSA) is 90.9 Å². The Morgan fingerprint density at radius 3 is 2.81 bits per heavy atom. The summed E-state index contributed by atoms with van der Waals surface area (Å²) < 4.78 is 0. The van der Waals surface area contributed by atoms with Crippen LogP contribution < -0.4 is 5.32 Å². The molecule has 4 aromatic rings. The van der Waals surface area contributed by atoms with Gasteiger partial charge in [-0.05, 0) is 35.7 Å². The molecule has 0 amide bonds. The van der Waals surface area contributed by atoms with Gasteiger partial charge in [0.1, 0.15) is 11.5 Å². The molecule has 0 aliphatic carbocycles. The van der Waals surface area contributed by atoms with Gasteiger partial charge in [0.25, 0.3) is 0 Å². The minimum absolute atomic E-state index is 0.108. The van der Waals surface area contributed by atoms with Crippen molar-refractivity contribution in [2.24, 2.45) is 0 Å². The van der Waals surface area contributed by atoms with E-state index in [9.17, 15) is 9.90 Å². The number of anilines is 2. The number of hydrogen-bond acceptors (Lipinski definition) is 4. The van der Waals surface area contributed by atoms with Gasteiger partial charge in [0, 0.05) is 28.9 Å². The summed E-state index contributed by atoms with van der Waals surface area (Å²) in [4.78, 5) is 23.0. The van der Waals surface area contributed by atoms with Crippen LogP contribution in [0.2, 0.25) is 0 Å². The minimum atomic E-state index is -1.01. The number of rotatable bonds is 4. The number of fused-ring (bicyclic) bond motifs is 3. The van der Waals surface area contributed by atoms with Crippen molar-refractivity contribution < 1.29 is 9.90 Å². The zero-order valence-electron chi connectivity index (χ0n) is 14.4. The molecule has 0 fully saturated rings. The van der Waals surface area contributed by atoms with E-state index in [1.165, 1.54) is 5.56 Å².